The molecule has 0 aromatic heterocycles. The van der Waals surface area contributed by atoms with Gasteiger partial charge in [-0.2, -0.15) is 0 Å². The SMILES string of the molecule is CC(C)(C)OC(=O)N1C2CCC1(C(N)=O)CN(Cc1ccccc1)C2. The van der Waals surface area contributed by atoms with Crippen LogP contribution in [-0.4, -0.2) is 52.1 Å². The summed E-state index contributed by atoms with van der Waals surface area (Å²) in [5, 5.41) is 0. The molecule has 0 saturated carbocycles. The normalized spacial score (nSPS) is 26.5. The van der Waals surface area contributed by atoms with E-state index in [4.69, 9.17) is 10.5 Å². The van der Waals surface area contributed by atoms with E-state index in [1.165, 1.54) is 5.56 Å². The van der Waals surface area contributed by atoms with E-state index >= 15 is 0 Å². The number of ether oxygens (including phenoxy) is 1. The summed E-state index contributed by atoms with van der Waals surface area (Å²) in [6.45, 7) is 7.41. The molecule has 6 nitrogen and oxygen atoms in total. The van der Waals surface area contributed by atoms with Gasteiger partial charge in [0.1, 0.15) is 11.1 Å². The molecule has 25 heavy (non-hydrogen) atoms. The minimum Gasteiger partial charge on any atom is -0.444 e. The molecule has 3 rings (SSSR count). The predicted octanol–water partition coefficient (Wildman–Crippen LogP) is 2.13. The lowest BCUT2D eigenvalue weighted by molar-refractivity contribution is -0.133. The molecule has 0 radical (unpaired) electrons. The van der Waals surface area contributed by atoms with E-state index in [1.807, 2.05) is 39.0 Å². The Morgan fingerprint density at radius 2 is 1.96 bits per heavy atom. The van der Waals surface area contributed by atoms with E-state index in [9.17, 15) is 9.59 Å². The van der Waals surface area contributed by atoms with Gasteiger partial charge in [-0.1, -0.05) is 30.3 Å². The zero-order chi connectivity index (χ0) is 18.2. The molecule has 6 heteroatoms. The topological polar surface area (TPSA) is 75.9 Å². The molecular weight excluding hydrogens is 318 g/mol. The summed E-state index contributed by atoms with van der Waals surface area (Å²) in [7, 11) is 0. The van der Waals surface area contributed by atoms with Gasteiger partial charge >= 0.3 is 6.09 Å². The number of primary amides is 1. The maximum atomic E-state index is 12.7. The number of carbonyl (C=O) groups excluding carboxylic acids is 2. The Balaban J connectivity index is 1.82. The molecule has 2 unspecified atom stereocenters. The number of fused-ring (bicyclic) bond motifs is 2. The van der Waals surface area contributed by atoms with Crippen LogP contribution in [0.5, 0.6) is 0 Å². The van der Waals surface area contributed by atoms with Crippen molar-refractivity contribution < 1.29 is 14.3 Å². The van der Waals surface area contributed by atoms with Crippen molar-refractivity contribution >= 4 is 12.0 Å². The minimum atomic E-state index is -0.972. The third-order valence-corrected chi connectivity index (χ3v) is 4.97. The van der Waals surface area contributed by atoms with Crippen LogP contribution in [0.2, 0.25) is 0 Å². The van der Waals surface area contributed by atoms with Gasteiger partial charge in [0.05, 0.1) is 0 Å². The number of hydrogen-bond acceptors (Lipinski definition) is 4. The van der Waals surface area contributed by atoms with E-state index in [0.717, 1.165) is 19.5 Å². The number of nitrogens with zero attached hydrogens (tertiary/aromatic N) is 2. The Bertz CT molecular complexity index is 656. The van der Waals surface area contributed by atoms with Gasteiger partial charge in [-0.25, -0.2) is 4.79 Å². The highest BCUT2D eigenvalue weighted by molar-refractivity contribution is 5.90. The molecule has 2 bridgehead atoms. The van der Waals surface area contributed by atoms with Gasteiger partial charge in [0.25, 0.3) is 0 Å². The Morgan fingerprint density at radius 1 is 1.28 bits per heavy atom. The summed E-state index contributed by atoms with van der Waals surface area (Å²) in [5.41, 5.74) is 5.39. The number of hydrogen-bond donors (Lipinski definition) is 1. The predicted molar refractivity (Wildman–Crippen MR) is 94.7 cm³/mol. The van der Waals surface area contributed by atoms with Crippen LogP contribution in [0.4, 0.5) is 4.79 Å². The highest BCUT2D eigenvalue weighted by atomic mass is 16.6. The van der Waals surface area contributed by atoms with Crippen molar-refractivity contribution in [3.8, 4) is 0 Å². The number of amides is 2. The number of benzene rings is 1. The van der Waals surface area contributed by atoms with Gasteiger partial charge < -0.3 is 10.5 Å². The molecular formula is C19H27N3O3. The average molecular weight is 345 g/mol. The molecule has 2 aliphatic heterocycles. The van der Waals surface area contributed by atoms with Gasteiger partial charge in [0.15, 0.2) is 0 Å². The van der Waals surface area contributed by atoms with Crippen LogP contribution in [0.25, 0.3) is 0 Å². The van der Waals surface area contributed by atoms with Gasteiger partial charge in [0.2, 0.25) is 5.91 Å². The fourth-order valence-corrected chi connectivity index (χ4v) is 3.98. The molecule has 2 fully saturated rings. The summed E-state index contributed by atoms with van der Waals surface area (Å²) >= 11 is 0. The van der Waals surface area contributed by atoms with Crippen molar-refractivity contribution in [3.05, 3.63) is 35.9 Å². The number of carbonyl (C=O) groups is 2. The molecule has 1 aromatic rings. The minimum absolute atomic E-state index is 0.0418. The molecule has 2 atom stereocenters. The number of rotatable bonds is 3. The van der Waals surface area contributed by atoms with Crippen molar-refractivity contribution in [2.24, 2.45) is 5.73 Å². The second-order valence-electron chi connectivity index (χ2n) is 8.09. The number of nitrogens with two attached hydrogens (primary N) is 1. The first-order valence-corrected chi connectivity index (χ1v) is 8.80. The summed E-state index contributed by atoms with van der Waals surface area (Å²) < 4.78 is 5.55. The summed E-state index contributed by atoms with van der Waals surface area (Å²) in [5.74, 6) is -0.446. The molecule has 136 valence electrons. The Labute approximate surface area is 148 Å². The molecule has 2 amide bonds. The quantitative estimate of drug-likeness (QED) is 0.910. The third kappa shape index (κ3) is 3.49. The summed E-state index contributed by atoms with van der Waals surface area (Å²) in [6, 6.07) is 10.1. The molecule has 2 heterocycles. The second kappa shape index (κ2) is 6.33. The van der Waals surface area contributed by atoms with Crippen LogP contribution in [0.3, 0.4) is 0 Å². The second-order valence-corrected chi connectivity index (χ2v) is 8.09. The van der Waals surface area contributed by atoms with Crippen molar-refractivity contribution in [2.45, 2.75) is 57.3 Å². The maximum Gasteiger partial charge on any atom is 0.411 e. The molecule has 0 aliphatic carbocycles. The van der Waals surface area contributed by atoms with Crippen molar-refractivity contribution in [3.63, 3.8) is 0 Å². The van der Waals surface area contributed by atoms with Gasteiger partial charge in [0, 0.05) is 25.7 Å². The van der Waals surface area contributed by atoms with Crippen LogP contribution in [0.15, 0.2) is 30.3 Å². The van der Waals surface area contributed by atoms with E-state index in [1.54, 1.807) is 4.90 Å². The monoisotopic (exact) mass is 345 g/mol. The smallest absolute Gasteiger partial charge is 0.411 e. The standard InChI is InChI=1S/C19H27N3O3/c1-18(2,3)25-17(24)22-15-9-10-19(22,16(20)23)13-21(12-15)11-14-7-5-4-6-8-14/h4-8,15H,9-13H2,1-3H3,(H2,20,23). The van der Waals surface area contributed by atoms with Gasteiger partial charge in [-0.3, -0.25) is 14.6 Å². The molecule has 2 saturated heterocycles. The Hall–Kier alpha value is -2.08. The lowest BCUT2D eigenvalue weighted by Crippen LogP contribution is -2.68. The van der Waals surface area contributed by atoms with Crippen LogP contribution in [-0.2, 0) is 16.1 Å². The van der Waals surface area contributed by atoms with Crippen molar-refractivity contribution in [1.82, 2.24) is 9.80 Å². The van der Waals surface area contributed by atoms with Crippen LogP contribution >= 0.6 is 0 Å². The van der Waals surface area contributed by atoms with E-state index < -0.39 is 23.1 Å². The largest absolute Gasteiger partial charge is 0.444 e. The molecule has 2 aliphatic rings. The highest BCUT2D eigenvalue weighted by Crippen LogP contribution is 2.40. The van der Waals surface area contributed by atoms with Crippen molar-refractivity contribution in [1.29, 1.82) is 0 Å². The Morgan fingerprint density at radius 3 is 2.56 bits per heavy atom. The first kappa shape index (κ1) is 17.7. The van der Waals surface area contributed by atoms with E-state index in [-0.39, 0.29) is 6.04 Å². The first-order chi connectivity index (χ1) is 11.7. The maximum absolute atomic E-state index is 12.7. The lowest BCUT2D eigenvalue weighted by atomic mass is 9.94. The van der Waals surface area contributed by atoms with Gasteiger partial charge in [-0.05, 0) is 39.2 Å². The third-order valence-electron chi connectivity index (χ3n) is 4.97. The first-order valence-electron chi connectivity index (χ1n) is 8.80. The van der Waals surface area contributed by atoms with Crippen LogP contribution < -0.4 is 5.73 Å². The zero-order valence-corrected chi connectivity index (χ0v) is 15.2. The van der Waals surface area contributed by atoms with E-state index in [0.29, 0.717) is 13.0 Å². The lowest BCUT2D eigenvalue weighted by Gasteiger charge is -2.47. The summed E-state index contributed by atoms with van der Waals surface area (Å²) in [6.07, 6.45) is 0.929. The number of likely N-dealkylation sites (tertiary alicyclic amines) is 1. The average Bonchev–Trinajstić information content (AvgIpc) is 2.76. The molecule has 1 aromatic carbocycles. The summed E-state index contributed by atoms with van der Waals surface area (Å²) in [4.78, 5) is 28.9. The fourth-order valence-electron chi connectivity index (χ4n) is 3.98. The molecule has 0 spiro atoms. The van der Waals surface area contributed by atoms with Gasteiger partial charge in [-0.15, -0.1) is 0 Å². The molecule has 2 N–H and O–H groups in total. The van der Waals surface area contributed by atoms with Crippen molar-refractivity contribution in [2.75, 3.05) is 13.1 Å². The van der Waals surface area contributed by atoms with Crippen LogP contribution in [0, 0.1) is 0 Å². The van der Waals surface area contributed by atoms with E-state index in [2.05, 4.69) is 17.0 Å². The zero-order valence-electron chi connectivity index (χ0n) is 15.2. The van der Waals surface area contributed by atoms with Crippen LogP contribution in [0.1, 0.15) is 39.2 Å². The fraction of sp³-hybridized carbons (Fsp3) is 0.579. The number of piperazine rings is 1. The highest BCUT2D eigenvalue weighted by Gasteiger charge is 2.58. The Kier molecular flexibility index (Phi) is 4.49.